The van der Waals surface area contributed by atoms with E-state index >= 15 is 0 Å². The monoisotopic (exact) mass is 189 g/mol. The van der Waals surface area contributed by atoms with Crippen LogP contribution < -0.4 is 5.68 Å². The maximum atomic E-state index is 7.57. The number of para-hydroxylation sites is 1. The number of nitrogens with one attached hydrogen (secondary N) is 1. The molecule has 0 bridgehead atoms. The Morgan fingerprint density at radius 2 is 2.07 bits per heavy atom. The van der Waals surface area contributed by atoms with Gasteiger partial charge in [0, 0.05) is 6.42 Å². The molecule has 1 aromatic carbocycles. The van der Waals surface area contributed by atoms with Gasteiger partial charge in [0.05, 0.1) is 5.69 Å². The number of benzene rings is 1. The molecule has 2 aromatic rings. The van der Waals surface area contributed by atoms with Gasteiger partial charge in [-0.25, -0.2) is 5.41 Å². The van der Waals surface area contributed by atoms with Crippen LogP contribution in [0.1, 0.15) is 12.8 Å². The summed E-state index contributed by atoms with van der Waals surface area (Å²) < 4.78 is 6.62. The van der Waals surface area contributed by atoms with Crippen LogP contribution in [0.25, 0.3) is 5.69 Å². The molecule has 0 unspecified atom stereocenters. The van der Waals surface area contributed by atoms with Crippen LogP contribution in [0.5, 0.6) is 0 Å². The second kappa shape index (κ2) is 3.49. The number of rotatable bonds is 2. The van der Waals surface area contributed by atoms with Crippen molar-refractivity contribution < 1.29 is 4.42 Å². The van der Waals surface area contributed by atoms with Crippen LogP contribution in [0.4, 0.5) is 0 Å². The smallest absolute Gasteiger partial charge is 0.317 e. The minimum absolute atomic E-state index is 0.0630. The van der Waals surface area contributed by atoms with E-state index in [9.17, 15) is 0 Å². The third-order valence-electron chi connectivity index (χ3n) is 1.92. The highest BCUT2D eigenvalue weighted by Gasteiger charge is 2.04. The molecule has 0 aliphatic carbocycles. The van der Waals surface area contributed by atoms with Gasteiger partial charge in [0.1, 0.15) is 0 Å². The van der Waals surface area contributed by atoms with Crippen molar-refractivity contribution in [3.8, 4) is 5.69 Å². The highest BCUT2D eigenvalue weighted by molar-refractivity contribution is 5.28. The molecule has 0 fully saturated rings. The lowest BCUT2D eigenvalue weighted by atomic mass is 10.3. The summed E-state index contributed by atoms with van der Waals surface area (Å²) in [4.78, 5) is 0. The summed E-state index contributed by atoms with van der Waals surface area (Å²) in [5.74, 6) is 0.582. The largest absolute Gasteiger partial charge is 0.408 e. The molecule has 2 rings (SSSR count). The van der Waals surface area contributed by atoms with Gasteiger partial charge in [0.25, 0.3) is 0 Å². The number of aryl methyl sites for hydroxylation is 1. The Labute approximate surface area is 81.3 Å². The second-order valence-electron chi connectivity index (χ2n) is 2.90. The first-order chi connectivity index (χ1) is 6.81. The molecule has 14 heavy (non-hydrogen) atoms. The number of hydrogen-bond acceptors (Lipinski definition) is 3. The van der Waals surface area contributed by atoms with E-state index in [0.29, 0.717) is 12.3 Å². The van der Waals surface area contributed by atoms with Crippen molar-refractivity contribution in [3.63, 3.8) is 0 Å². The molecule has 4 nitrogen and oxygen atoms in total. The highest BCUT2D eigenvalue weighted by Crippen LogP contribution is 2.03. The zero-order chi connectivity index (χ0) is 9.97. The quantitative estimate of drug-likeness (QED) is 0.778. The molecule has 0 saturated heterocycles. The minimum Gasteiger partial charge on any atom is -0.408 e. The van der Waals surface area contributed by atoms with Crippen LogP contribution in [0.15, 0.2) is 34.7 Å². The van der Waals surface area contributed by atoms with Crippen LogP contribution in [-0.4, -0.2) is 9.78 Å². The first-order valence-corrected chi connectivity index (χ1v) is 4.50. The Morgan fingerprint density at radius 3 is 2.64 bits per heavy atom. The summed E-state index contributed by atoms with van der Waals surface area (Å²) in [7, 11) is 0. The van der Waals surface area contributed by atoms with Gasteiger partial charge in [0.15, 0.2) is 0 Å². The fraction of sp³-hybridized carbons (Fsp3) is 0.200. The molecule has 0 amide bonds. The average molecular weight is 189 g/mol. The maximum Gasteiger partial charge on any atom is 0.317 e. The van der Waals surface area contributed by atoms with E-state index in [4.69, 9.17) is 9.83 Å². The van der Waals surface area contributed by atoms with E-state index in [1.807, 2.05) is 37.3 Å². The molecule has 0 saturated carbocycles. The van der Waals surface area contributed by atoms with Crippen molar-refractivity contribution in [2.45, 2.75) is 13.3 Å². The Hall–Kier alpha value is -1.84. The molecule has 0 radical (unpaired) electrons. The van der Waals surface area contributed by atoms with Crippen molar-refractivity contribution in [1.29, 1.82) is 5.41 Å². The maximum absolute atomic E-state index is 7.57. The third kappa shape index (κ3) is 1.46. The van der Waals surface area contributed by atoms with Crippen LogP contribution in [-0.2, 0) is 6.42 Å². The molecule has 1 heterocycles. The standard InChI is InChI=1S/C10H11N3O/c1-2-9-12-13(10(11)14-9)8-6-4-3-5-7-8/h3-7,11H,2H2,1H3. The summed E-state index contributed by atoms with van der Waals surface area (Å²) in [5, 5.41) is 11.7. The van der Waals surface area contributed by atoms with Crippen molar-refractivity contribution in [1.82, 2.24) is 9.78 Å². The Bertz CT molecular complexity index is 470. The van der Waals surface area contributed by atoms with Crippen molar-refractivity contribution >= 4 is 0 Å². The molecule has 0 aliphatic heterocycles. The van der Waals surface area contributed by atoms with Crippen LogP contribution in [0.2, 0.25) is 0 Å². The summed E-state index contributed by atoms with van der Waals surface area (Å²) in [6.45, 7) is 1.95. The zero-order valence-electron chi connectivity index (χ0n) is 7.90. The van der Waals surface area contributed by atoms with Crippen LogP contribution >= 0.6 is 0 Å². The molecule has 1 N–H and O–H groups in total. The molecular weight excluding hydrogens is 178 g/mol. The van der Waals surface area contributed by atoms with Gasteiger partial charge in [-0.05, 0) is 12.1 Å². The van der Waals surface area contributed by atoms with Crippen molar-refractivity contribution in [3.05, 3.63) is 41.9 Å². The van der Waals surface area contributed by atoms with Crippen molar-refractivity contribution in [2.75, 3.05) is 0 Å². The Balaban J connectivity index is 2.52. The predicted molar refractivity (Wildman–Crippen MR) is 51.1 cm³/mol. The lowest BCUT2D eigenvalue weighted by Crippen LogP contribution is -2.13. The van der Waals surface area contributed by atoms with E-state index in [-0.39, 0.29) is 5.68 Å². The molecule has 0 aliphatic rings. The SMILES string of the molecule is CCc1nn(-c2ccccc2)c(=N)o1. The van der Waals surface area contributed by atoms with Gasteiger partial charge in [0.2, 0.25) is 5.89 Å². The van der Waals surface area contributed by atoms with E-state index in [1.165, 1.54) is 4.68 Å². The van der Waals surface area contributed by atoms with Gasteiger partial charge >= 0.3 is 5.68 Å². The van der Waals surface area contributed by atoms with Gasteiger partial charge in [-0.1, -0.05) is 25.1 Å². The summed E-state index contributed by atoms with van der Waals surface area (Å²) in [6, 6.07) is 9.51. The van der Waals surface area contributed by atoms with Crippen LogP contribution in [0, 0.1) is 5.41 Å². The molecule has 0 atom stereocenters. The first-order valence-electron chi connectivity index (χ1n) is 4.50. The van der Waals surface area contributed by atoms with Gasteiger partial charge < -0.3 is 4.42 Å². The Morgan fingerprint density at radius 1 is 1.36 bits per heavy atom. The fourth-order valence-corrected chi connectivity index (χ4v) is 1.22. The lowest BCUT2D eigenvalue weighted by molar-refractivity contribution is 0.441. The zero-order valence-corrected chi connectivity index (χ0v) is 7.90. The third-order valence-corrected chi connectivity index (χ3v) is 1.92. The van der Waals surface area contributed by atoms with Crippen LogP contribution in [0.3, 0.4) is 0 Å². The van der Waals surface area contributed by atoms with Gasteiger partial charge in [-0.3, -0.25) is 0 Å². The van der Waals surface area contributed by atoms with E-state index in [0.717, 1.165) is 5.69 Å². The minimum atomic E-state index is 0.0630. The van der Waals surface area contributed by atoms with E-state index in [2.05, 4.69) is 5.10 Å². The topological polar surface area (TPSA) is 54.8 Å². The number of hydrogen-bond donors (Lipinski definition) is 1. The normalized spacial score (nSPS) is 10.4. The first kappa shape index (κ1) is 8.74. The van der Waals surface area contributed by atoms with Gasteiger partial charge in [-0.15, -0.1) is 5.10 Å². The number of nitrogens with zero attached hydrogens (tertiary/aromatic N) is 2. The second-order valence-corrected chi connectivity index (χ2v) is 2.90. The van der Waals surface area contributed by atoms with Gasteiger partial charge in [-0.2, -0.15) is 4.68 Å². The fourth-order valence-electron chi connectivity index (χ4n) is 1.22. The Kier molecular flexibility index (Phi) is 2.18. The molecule has 1 aromatic heterocycles. The molecular formula is C10H11N3O. The molecule has 72 valence electrons. The number of aromatic nitrogens is 2. The highest BCUT2D eigenvalue weighted by atomic mass is 16.4. The molecule has 0 spiro atoms. The summed E-state index contributed by atoms with van der Waals surface area (Å²) >= 11 is 0. The van der Waals surface area contributed by atoms with E-state index in [1.54, 1.807) is 0 Å². The summed E-state index contributed by atoms with van der Waals surface area (Å²) in [5.41, 5.74) is 0.911. The molecule has 4 heteroatoms. The average Bonchev–Trinajstić information content (AvgIpc) is 2.61. The summed E-state index contributed by atoms with van der Waals surface area (Å²) in [6.07, 6.45) is 0.700. The van der Waals surface area contributed by atoms with E-state index < -0.39 is 0 Å². The van der Waals surface area contributed by atoms with Crippen molar-refractivity contribution in [2.24, 2.45) is 0 Å². The predicted octanol–water partition coefficient (Wildman–Crippen LogP) is 1.51. The lowest BCUT2D eigenvalue weighted by Gasteiger charge is -1.96.